The molecule has 0 bridgehead atoms. The molecule has 3 rings (SSSR count). The van der Waals surface area contributed by atoms with Crippen molar-refractivity contribution in [3.63, 3.8) is 0 Å². The Hall–Kier alpha value is -2.64. The third-order valence-electron chi connectivity index (χ3n) is 3.97. The molecule has 0 aliphatic carbocycles. The van der Waals surface area contributed by atoms with Gasteiger partial charge >= 0.3 is 0 Å². The number of rotatable bonds is 6. The summed E-state index contributed by atoms with van der Waals surface area (Å²) in [5, 5.41) is 7.50. The minimum absolute atomic E-state index is 0.127. The van der Waals surface area contributed by atoms with Gasteiger partial charge in [0.15, 0.2) is 11.7 Å². The van der Waals surface area contributed by atoms with Crippen LogP contribution in [-0.2, 0) is 4.79 Å². The molecule has 0 saturated carbocycles. The summed E-state index contributed by atoms with van der Waals surface area (Å²) in [6, 6.07) is 7.24. The lowest BCUT2D eigenvalue weighted by Crippen LogP contribution is -2.24. The molecule has 27 heavy (non-hydrogen) atoms. The number of amides is 1. The number of carbonyl (C=O) groups excluding carboxylic acids is 1. The van der Waals surface area contributed by atoms with E-state index in [-0.39, 0.29) is 12.5 Å². The smallest absolute Gasteiger partial charge is 0.277 e. The quantitative estimate of drug-likeness (QED) is 0.499. The standard InChI is InChI=1S/C19H19ClN4O2S/c1-12-8-16(20)4-5-17(12)26-11-18(25)23-22-10-15-9-13(2)24(14(15)3)19-21-6-7-27-19/h4-10H,11H2,1-3H3,(H,23,25)/b22-10-. The van der Waals surface area contributed by atoms with Gasteiger partial charge in [-0.15, -0.1) is 11.3 Å². The summed E-state index contributed by atoms with van der Waals surface area (Å²) in [6.45, 7) is 5.74. The highest BCUT2D eigenvalue weighted by atomic mass is 35.5. The van der Waals surface area contributed by atoms with Crippen molar-refractivity contribution in [1.82, 2.24) is 15.0 Å². The predicted octanol–water partition coefficient (Wildman–Crippen LogP) is 4.04. The summed E-state index contributed by atoms with van der Waals surface area (Å²) < 4.78 is 7.55. The Morgan fingerprint density at radius 3 is 2.89 bits per heavy atom. The Morgan fingerprint density at radius 2 is 2.19 bits per heavy atom. The van der Waals surface area contributed by atoms with Gasteiger partial charge in [0.25, 0.3) is 5.91 Å². The largest absolute Gasteiger partial charge is 0.483 e. The number of hydrogen-bond donors (Lipinski definition) is 1. The van der Waals surface area contributed by atoms with E-state index < -0.39 is 0 Å². The number of nitrogens with one attached hydrogen (secondary N) is 1. The van der Waals surface area contributed by atoms with Gasteiger partial charge in [0.2, 0.25) is 0 Å². The number of hydrogen-bond acceptors (Lipinski definition) is 5. The van der Waals surface area contributed by atoms with Gasteiger partial charge in [-0.05, 0) is 50.6 Å². The van der Waals surface area contributed by atoms with Crippen LogP contribution < -0.4 is 10.2 Å². The average molecular weight is 403 g/mol. The highest BCUT2D eigenvalue weighted by Gasteiger charge is 2.11. The zero-order valence-electron chi connectivity index (χ0n) is 15.2. The normalized spacial score (nSPS) is 11.1. The zero-order chi connectivity index (χ0) is 19.4. The Labute approximate surface area is 166 Å². The molecule has 1 N–H and O–H groups in total. The van der Waals surface area contributed by atoms with Crippen LogP contribution in [0.2, 0.25) is 5.02 Å². The van der Waals surface area contributed by atoms with E-state index in [1.807, 2.05) is 32.2 Å². The van der Waals surface area contributed by atoms with Crippen LogP contribution in [0.1, 0.15) is 22.5 Å². The second-order valence-electron chi connectivity index (χ2n) is 5.97. The second-order valence-corrected chi connectivity index (χ2v) is 7.28. The lowest BCUT2D eigenvalue weighted by atomic mass is 10.2. The van der Waals surface area contributed by atoms with E-state index in [9.17, 15) is 4.79 Å². The van der Waals surface area contributed by atoms with E-state index in [0.29, 0.717) is 10.8 Å². The summed E-state index contributed by atoms with van der Waals surface area (Å²) in [5.41, 5.74) is 6.32. The van der Waals surface area contributed by atoms with E-state index in [2.05, 4.69) is 20.1 Å². The molecular formula is C19H19ClN4O2S. The Morgan fingerprint density at radius 1 is 1.37 bits per heavy atom. The van der Waals surface area contributed by atoms with Crippen LogP contribution in [0, 0.1) is 20.8 Å². The first-order valence-corrected chi connectivity index (χ1v) is 9.51. The predicted molar refractivity (Wildman–Crippen MR) is 108 cm³/mol. The first kappa shape index (κ1) is 19.1. The molecule has 0 aliphatic rings. The Bertz CT molecular complexity index is 980. The molecule has 0 fully saturated rings. The molecule has 0 radical (unpaired) electrons. The Kier molecular flexibility index (Phi) is 5.93. The number of nitrogens with zero attached hydrogens (tertiary/aromatic N) is 3. The highest BCUT2D eigenvalue weighted by molar-refractivity contribution is 7.12. The van der Waals surface area contributed by atoms with Gasteiger partial charge in [-0.2, -0.15) is 5.10 Å². The van der Waals surface area contributed by atoms with E-state index in [0.717, 1.165) is 27.6 Å². The van der Waals surface area contributed by atoms with Crippen LogP contribution in [0.15, 0.2) is 40.9 Å². The number of thiazole rings is 1. The molecule has 0 atom stereocenters. The first-order chi connectivity index (χ1) is 13.0. The summed E-state index contributed by atoms with van der Waals surface area (Å²) in [7, 11) is 0. The van der Waals surface area contributed by atoms with Crippen molar-refractivity contribution in [2.24, 2.45) is 5.10 Å². The molecule has 8 heteroatoms. The number of halogens is 1. The van der Waals surface area contributed by atoms with Crippen LogP contribution in [-0.4, -0.2) is 28.3 Å². The fourth-order valence-electron chi connectivity index (χ4n) is 2.66. The van der Waals surface area contributed by atoms with Gasteiger partial charge in [0.1, 0.15) is 5.75 Å². The third-order valence-corrected chi connectivity index (χ3v) is 4.96. The van der Waals surface area contributed by atoms with E-state index >= 15 is 0 Å². The molecule has 1 amide bonds. The van der Waals surface area contributed by atoms with Crippen LogP contribution >= 0.6 is 22.9 Å². The first-order valence-electron chi connectivity index (χ1n) is 8.25. The fourth-order valence-corrected chi connectivity index (χ4v) is 3.64. The second kappa shape index (κ2) is 8.37. The minimum Gasteiger partial charge on any atom is -0.483 e. The van der Waals surface area contributed by atoms with Crippen molar-refractivity contribution < 1.29 is 9.53 Å². The van der Waals surface area contributed by atoms with Gasteiger partial charge in [-0.3, -0.25) is 9.36 Å². The highest BCUT2D eigenvalue weighted by Crippen LogP contribution is 2.22. The average Bonchev–Trinajstić information content (AvgIpc) is 3.22. The van der Waals surface area contributed by atoms with Gasteiger partial charge < -0.3 is 4.74 Å². The van der Waals surface area contributed by atoms with Gasteiger partial charge in [0, 0.05) is 33.6 Å². The van der Waals surface area contributed by atoms with Crippen LogP contribution in [0.4, 0.5) is 0 Å². The van der Waals surface area contributed by atoms with Gasteiger partial charge in [0.05, 0.1) is 6.21 Å². The molecule has 0 spiro atoms. The molecule has 0 unspecified atom stereocenters. The maximum Gasteiger partial charge on any atom is 0.277 e. The molecule has 3 aromatic rings. The molecule has 2 heterocycles. The van der Waals surface area contributed by atoms with Crippen molar-refractivity contribution in [2.75, 3.05) is 6.61 Å². The SMILES string of the molecule is Cc1cc(Cl)ccc1OCC(=O)N/N=C\c1cc(C)n(-c2nccs2)c1C. The van der Waals surface area contributed by atoms with Gasteiger partial charge in [-0.1, -0.05) is 11.6 Å². The monoisotopic (exact) mass is 402 g/mol. The third kappa shape index (κ3) is 4.56. The summed E-state index contributed by atoms with van der Waals surface area (Å²) >= 11 is 7.47. The summed E-state index contributed by atoms with van der Waals surface area (Å²) in [6.07, 6.45) is 3.40. The lowest BCUT2D eigenvalue weighted by Gasteiger charge is -2.08. The van der Waals surface area contributed by atoms with Crippen molar-refractivity contribution in [3.05, 3.63) is 63.4 Å². The van der Waals surface area contributed by atoms with Crippen molar-refractivity contribution in [2.45, 2.75) is 20.8 Å². The number of ether oxygens (including phenoxy) is 1. The Balaban J connectivity index is 1.59. The number of hydrazone groups is 1. The maximum absolute atomic E-state index is 11.9. The van der Waals surface area contributed by atoms with Crippen molar-refractivity contribution in [3.8, 4) is 10.9 Å². The van der Waals surface area contributed by atoms with E-state index in [4.69, 9.17) is 16.3 Å². The molecule has 2 aromatic heterocycles. The van der Waals surface area contributed by atoms with Gasteiger partial charge in [-0.25, -0.2) is 10.4 Å². The van der Waals surface area contributed by atoms with E-state index in [1.54, 1.807) is 41.9 Å². The van der Waals surface area contributed by atoms with Crippen molar-refractivity contribution in [1.29, 1.82) is 0 Å². The van der Waals surface area contributed by atoms with Crippen LogP contribution in [0.25, 0.3) is 5.13 Å². The minimum atomic E-state index is -0.339. The lowest BCUT2D eigenvalue weighted by molar-refractivity contribution is -0.123. The molecule has 1 aromatic carbocycles. The van der Waals surface area contributed by atoms with Crippen molar-refractivity contribution >= 4 is 35.1 Å². The molecule has 6 nitrogen and oxygen atoms in total. The zero-order valence-corrected chi connectivity index (χ0v) is 16.8. The van der Waals surface area contributed by atoms with Crippen LogP contribution in [0.5, 0.6) is 5.75 Å². The van der Waals surface area contributed by atoms with Crippen LogP contribution in [0.3, 0.4) is 0 Å². The molecular weight excluding hydrogens is 384 g/mol. The number of aromatic nitrogens is 2. The van der Waals surface area contributed by atoms with E-state index in [1.165, 1.54) is 0 Å². The number of benzene rings is 1. The number of carbonyl (C=O) groups is 1. The topological polar surface area (TPSA) is 68.5 Å². The summed E-state index contributed by atoms with van der Waals surface area (Å²) in [4.78, 5) is 16.3. The maximum atomic E-state index is 11.9. The summed E-state index contributed by atoms with van der Waals surface area (Å²) in [5.74, 6) is 0.278. The molecule has 0 aliphatic heterocycles. The molecule has 140 valence electrons. The fraction of sp³-hybridized carbons (Fsp3) is 0.211. The number of aryl methyl sites for hydroxylation is 2. The molecule has 0 saturated heterocycles.